The normalized spacial score (nSPS) is 14.9. The predicted octanol–water partition coefficient (Wildman–Crippen LogP) is 3.25. The predicted molar refractivity (Wildman–Crippen MR) is 131 cm³/mol. The van der Waals surface area contributed by atoms with Gasteiger partial charge in [-0.1, -0.05) is 48.5 Å². The van der Waals surface area contributed by atoms with E-state index in [9.17, 15) is 19.5 Å². The smallest absolute Gasteiger partial charge is 0.407 e. The summed E-state index contributed by atoms with van der Waals surface area (Å²) >= 11 is 1.51. The van der Waals surface area contributed by atoms with Gasteiger partial charge in [-0.2, -0.15) is 11.8 Å². The number of carbonyl (C=O) groups is 3. The third-order valence-corrected chi connectivity index (χ3v) is 6.51. The first-order chi connectivity index (χ1) is 16.3. The Morgan fingerprint density at radius 1 is 1.09 bits per heavy atom. The fraction of sp³-hybridized carbons (Fsp3) is 0.400. The van der Waals surface area contributed by atoms with Gasteiger partial charge in [-0.15, -0.1) is 0 Å². The Balaban J connectivity index is 1.67. The maximum Gasteiger partial charge on any atom is 0.407 e. The zero-order valence-electron chi connectivity index (χ0n) is 19.5. The number of benzene rings is 2. The van der Waals surface area contributed by atoms with Crippen LogP contribution in [0.4, 0.5) is 4.79 Å². The molecule has 2 amide bonds. The van der Waals surface area contributed by atoms with Crippen molar-refractivity contribution in [1.29, 1.82) is 0 Å². The van der Waals surface area contributed by atoms with Gasteiger partial charge in [-0.3, -0.25) is 4.79 Å². The number of thioether (sulfide) groups is 1. The first-order valence-corrected chi connectivity index (χ1v) is 12.3. The third-order valence-electron chi connectivity index (χ3n) is 5.87. The van der Waals surface area contributed by atoms with Crippen LogP contribution in [-0.2, 0) is 19.1 Å². The Morgan fingerprint density at radius 2 is 1.68 bits per heavy atom. The maximum atomic E-state index is 12.9. The van der Waals surface area contributed by atoms with Gasteiger partial charge in [0.2, 0.25) is 5.91 Å². The largest absolute Gasteiger partial charge is 0.479 e. The maximum absolute atomic E-state index is 12.9. The van der Waals surface area contributed by atoms with E-state index in [0.29, 0.717) is 12.2 Å². The quantitative estimate of drug-likeness (QED) is 0.447. The van der Waals surface area contributed by atoms with Crippen molar-refractivity contribution < 1.29 is 29.0 Å². The van der Waals surface area contributed by atoms with Crippen molar-refractivity contribution in [2.24, 2.45) is 0 Å². The molecule has 0 aromatic heterocycles. The average Bonchev–Trinajstić information content (AvgIpc) is 3.14. The Hall–Kier alpha value is -3.04. The molecular formula is C25H30N2O6S. The van der Waals surface area contributed by atoms with E-state index in [1.807, 2.05) is 42.7 Å². The molecule has 9 heteroatoms. The lowest BCUT2D eigenvalue weighted by molar-refractivity contribution is -0.149. The fourth-order valence-corrected chi connectivity index (χ4v) is 4.56. The van der Waals surface area contributed by atoms with Crippen molar-refractivity contribution in [2.75, 3.05) is 32.3 Å². The van der Waals surface area contributed by atoms with Gasteiger partial charge in [0.25, 0.3) is 0 Å². The number of carboxylic acids is 1. The van der Waals surface area contributed by atoms with Gasteiger partial charge in [0.1, 0.15) is 12.6 Å². The summed E-state index contributed by atoms with van der Waals surface area (Å²) < 4.78 is 10.5. The van der Waals surface area contributed by atoms with Crippen molar-refractivity contribution in [3.05, 3.63) is 59.7 Å². The second-order valence-electron chi connectivity index (χ2n) is 8.36. The minimum Gasteiger partial charge on any atom is -0.479 e. The highest BCUT2D eigenvalue weighted by molar-refractivity contribution is 7.98. The molecule has 1 aliphatic carbocycles. The number of carbonyl (C=O) groups excluding carboxylic acids is 2. The third kappa shape index (κ3) is 5.71. The lowest BCUT2D eigenvalue weighted by Gasteiger charge is -2.28. The van der Waals surface area contributed by atoms with E-state index in [2.05, 4.69) is 22.8 Å². The summed E-state index contributed by atoms with van der Waals surface area (Å²) in [5.74, 6) is -1.35. The van der Waals surface area contributed by atoms with Crippen LogP contribution < -0.4 is 10.6 Å². The minimum atomic E-state index is -1.62. The summed E-state index contributed by atoms with van der Waals surface area (Å²) in [6, 6.07) is 15.1. The number of nitrogens with one attached hydrogen (secondary N) is 2. The molecule has 34 heavy (non-hydrogen) atoms. The van der Waals surface area contributed by atoms with E-state index in [-0.39, 0.29) is 19.1 Å². The number of carboxylic acid groups (broad SMARTS) is 1. The van der Waals surface area contributed by atoms with Gasteiger partial charge in [-0.25, -0.2) is 9.59 Å². The summed E-state index contributed by atoms with van der Waals surface area (Å²) in [6.07, 6.45) is 1.47. The van der Waals surface area contributed by atoms with E-state index < -0.39 is 29.6 Å². The molecule has 2 atom stereocenters. The van der Waals surface area contributed by atoms with E-state index in [1.54, 1.807) is 0 Å². The number of aliphatic carboxylic acids is 1. The average molecular weight is 487 g/mol. The molecule has 0 aliphatic heterocycles. The molecule has 3 N–H and O–H groups in total. The molecule has 3 rings (SSSR count). The lowest BCUT2D eigenvalue weighted by Crippen LogP contribution is -2.60. The molecule has 8 nitrogen and oxygen atoms in total. The monoisotopic (exact) mass is 486 g/mol. The Bertz CT molecular complexity index is 1000. The van der Waals surface area contributed by atoms with Crippen LogP contribution in [0.5, 0.6) is 0 Å². The second kappa shape index (κ2) is 11.4. The van der Waals surface area contributed by atoms with Gasteiger partial charge in [-0.05, 0) is 47.6 Å². The van der Waals surface area contributed by atoms with Crippen molar-refractivity contribution in [1.82, 2.24) is 10.6 Å². The number of hydrogen-bond donors (Lipinski definition) is 3. The number of hydrogen-bond acceptors (Lipinski definition) is 6. The van der Waals surface area contributed by atoms with Gasteiger partial charge in [0.05, 0.1) is 6.61 Å². The first-order valence-electron chi connectivity index (χ1n) is 11.0. The summed E-state index contributed by atoms with van der Waals surface area (Å²) in [5.41, 5.74) is 2.80. The SMILES string of the molecule is COCC(C)(NC(=O)C(CCSC)NC(=O)OCC1c2ccccc2-c2ccccc21)C(=O)O. The molecule has 0 heterocycles. The number of alkyl carbamates (subject to hydrolysis) is 1. The Kier molecular flexibility index (Phi) is 8.57. The van der Waals surface area contributed by atoms with Gasteiger partial charge >= 0.3 is 12.1 Å². The van der Waals surface area contributed by atoms with E-state index >= 15 is 0 Å². The zero-order chi connectivity index (χ0) is 24.7. The van der Waals surface area contributed by atoms with E-state index in [0.717, 1.165) is 22.3 Å². The minimum absolute atomic E-state index is 0.103. The van der Waals surface area contributed by atoms with E-state index in [4.69, 9.17) is 9.47 Å². The van der Waals surface area contributed by atoms with Crippen LogP contribution in [0, 0.1) is 0 Å². The Morgan fingerprint density at radius 3 is 2.21 bits per heavy atom. The van der Waals surface area contributed by atoms with Gasteiger partial charge < -0.3 is 25.2 Å². The molecule has 0 radical (unpaired) electrons. The highest BCUT2D eigenvalue weighted by atomic mass is 32.2. The molecular weight excluding hydrogens is 456 g/mol. The highest BCUT2D eigenvalue weighted by Gasteiger charge is 2.37. The van der Waals surface area contributed by atoms with Crippen LogP contribution >= 0.6 is 11.8 Å². The lowest BCUT2D eigenvalue weighted by atomic mass is 9.98. The van der Waals surface area contributed by atoms with Crippen molar-refractivity contribution in [3.8, 4) is 11.1 Å². The van der Waals surface area contributed by atoms with Gasteiger partial charge in [0, 0.05) is 13.0 Å². The van der Waals surface area contributed by atoms with Gasteiger partial charge in [0.15, 0.2) is 5.54 Å². The topological polar surface area (TPSA) is 114 Å². The van der Waals surface area contributed by atoms with E-state index in [1.165, 1.54) is 25.8 Å². The number of rotatable bonds is 11. The molecule has 0 saturated carbocycles. The number of fused-ring (bicyclic) bond motifs is 3. The first kappa shape index (κ1) is 25.6. The molecule has 1 aliphatic rings. The molecule has 0 fully saturated rings. The van der Waals surface area contributed by atoms with Crippen LogP contribution in [0.1, 0.15) is 30.4 Å². The van der Waals surface area contributed by atoms with Crippen molar-refractivity contribution >= 4 is 29.7 Å². The summed E-state index contributed by atoms with van der Waals surface area (Å²) in [4.78, 5) is 37.2. The fourth-order valence-electron chi connectivity index (χ4n) is 4.09. The second-order valence-corrected chi connectivity index (χ2v) is 9.35. The zero-order valence-corrected chi connectivity index (χ0v) is 20.3. The molecule has 2 aromatic rings. The summed E-state index contributed by atoms with van der Waals surface area (Å²) in [6.45, 7) is 1.26. The number of methoxy groups -OCH3 is 1. The molecule has 2 unspecified atom stereocenters. The molecule has 2 aromatic carbocycles. The summed E-state index contributed by atoms with van der Waals surface area (Å²) in [7, 11) is 1.35. The van der Waals surface area contributed by atoms with Crippen LogP contribution in [0.2, 0.25) is 0 Å². The van der Waals surface area contributed by atoms with Crippen LogP contribution in [0.25, 0.3) is 11.1 Å². The molecule has 0 spiro atoms. The Labute approximate surface area is 203 Å². The van der Waals surface area contributed by atoms with Crippen LogP contribution in [0.3, 0.4) is 0 Å². The van der Waals surface area contributed by atoms with Crippen LogP contribution in [-0.4, -0.2) is 67.0 Å². The summed E-state index contributed by atoms with van der Waals surface area (Å²) in [5, 5.41) is 14.6. The highest BCUT2D eigenvalue weighted by Crippen LogP contribution is 2.44. The molecule has 182 valence electrons. The van der Waals surface area contributed by atoms with Crippen molar-refractivity contribution in [2.45, 2.75) is 30.8 Å². The number of amides is 2. The molecule has 0 bridgehead atoms. The molecule has 0 saturated heterocycles. The standard InChI is InChI=1S/C25H30N2O6S/c1-25(15-32-2,23(29)30)27-22(28)21(12-13-34-3)26-24(31)33-14-20-18-10-6-4-8-16(18)17-9-5-7-11-19(17)20/h4-11,20-21H,12-15H2,1-3H3,(H,26,31)(H,27,28)(H,29,30). The number of ether oxygens (including phenoxy) is 2. The van der Waals surface area contributed by atoms with Crippen LogP contribution in [0.15, 0.2) is 48.5 Å². The van der Waals surface area contributed by atoms with Crippen molar-refractivity contribution in [3.63, 3.8) is 0 Å².